The van der Waals surface area contributed by atoms with E-state index < -0.39 is 0 Å². The zero-order chi connectivity index (χ0) is 12.1. The summed E-state index contributed by atoms with van der Waals surface area (Å²) in [7, 11) is 2.29. The van der Waals surface area contributed by atoms with Gasteiger partial charge in [-0.05, 0) is 25.8 Å². The van der Waals surface area contributed by atoms with E-state index in [0.717, 1.165) is 38.2 Å². The maximum absolute atomic E-state index is 5.80. The average molecular weight is 240 g/mol. The molecule has 0 amide bonds. The lowest BCUT2D eigenvalue weighted by atomic mass is 9.82. The molecule has 2 fully saturated rings. The summed E-state index contributed by atoms with van der Waals surface area (Å²) in [5.41, 5.74) is 0. The number of nitrogens with zero attached hydrogens (tertiary/aromatic N) is 1. The number of nitrogens with one attached hydrogen (secondary N) is 1. The molecule has 0 radical (unpaired) electrons. The minimum absolute atomic E-state index is 0.396. The smallest absolute Gasteiger partial charge is 0.0826 e. The normalized spacial score (nSPS) is 35.1. The Balaban J connectivity index is 1.82. The van der Waals surface area contributed by atoms with Crippen LogP contribution in [0.15, 0.2) is 0 Å². The SMILES string of the molecule is CCC1CCCCC1N(C)CC1CNCCO1. The van der Waals surface area contributed by atoms with Crippen molar-refractivity contribution in [3.8, 4) is 0 Å². The van der Waals surface area contributed by atoms with Gasteiger partial charge in [-0.25, -0.2) is 0 Å². The first kappa shape index (κ1) is 13.3. The first-order valence-corrected chi connectivity index (χ1v) is 7.33. The van der Waals surface area contributed by atoms with E-state index in [4.69, 9.17) is 4.74 Å². The molecule has 3 heteroatoms. The third kappa shape index (κ3) is 3.67. The van der Waals surface area contributed by atoms with Gasteiger partial charge in [0, 0.05) is 25.7 Å². The Hall–Kier alpha value is -0.120. The first-order chi connectivity index (χ1) is 8.31. The van der Waals surface area contributed by atoms with Crippen molar-refractivity contribution < 1.29 is 4.74 Å². The first-order valence-electron chi connectivity index (χ1n) is 7.33. The molecule has 0 aromatic heterocycles. The second-order valence-electron chi connectivity index (χ2n) is 5.66. The van der Waals surface area contributed by atoms with E-state index in [0.29, 0.717) is 6.10 Å². The van der Waals surface area contributed by atoms with Gasteiger partial charge in [-0.1, -0.05) is 26.2 Å². The molecule has 3 nitrogen and oxygen atoms in total. The summed E-state index contributed by atoms with van der Waals surface area (Å²) < 4.78 is 5.80. The lowest BCUT2D eigenvalue weighted by Crippen LogP contribution is -2.49. The van der Waals surface area contributed by atoms with E-state index in [2.05, 4.69) is 24.2 Å². The van der Waals surface area contributed by atoms with Gasteiger partial charge in [0.25, 0.3) is 0 Å². The third-order valence-electron chi connectivity index (χ3n) is 4.46. The van der Waals surface area contributed by atoms with Gasteiger partial charge in [-0.15, -0.1) is 0 Å². The predicted octanol–water partition coefficient (Wildman–Crippen LogP) is 1.88. The Morgan fingerprint density at radius 3 is 2.82 bits per heavy atom. The van der Waals surface area contributed by atoms with E-state index >= 15 is 0 Å². The number of hydrogen-bond donors (Lipinski definition) is 1. The van der Waals surface area contributed by atoms with Crippen molar-refractivity contribution in [2.45, 2.75) is 51.2 Å². The number of likely N-dealkylation sites (N-methyl/N-ethyl adjacent to an activating group) is 1. The zero-order valence-corrected chi connectivity index (χ0v) is 11.5. The number of rotatable bonds is 4. The van der Waals surface area contributed by atoms with Gasteiger partial charge in [-0.3, -0.25) is 0 Å². The molecule has 100 valence electrons. The third-order valence-corrected chi connectivity index (χ3v) is 4.46. The topological polar surface area (TPSA) is 24.5 Å². The van der Waals surface area contributed by atoms with E-state index in [1.807, 2.05) is 0 Å². The summed E-state index contributed by atoms with van der Waals surface area (Å²) in [6.45, 7) is 6.35. The molecule has 0 bridgehead atoms. The van der Waals surface area contributed by atoms with Crippen LogP contribution in [0.1, 0.15) is 39.0 Å². The highest BCUT2D eigenvalue weighted by Gasteiger charge is 2.28. The fraction of sp³-hybridized carbons (Fsp3) is 1.00. The highest BCUT2D eigenvalue weighted by Crippen LogP contribution is 2.30. The van der Waals surface area contributed by atoms with Crippen LogP contribution in [0.2, 0.25) is 0 Å². The summed E-state index contributed by atoms with van der Waals surface area (Å²) in [5, 5.41) is 3.42. The number of hydrogen-bond acceptors (Lipinski definition) is 3. The molecular weight excluding hydrogens is 212 g/mol. The average Bonchev–Trinajstić information content (AvgIpc) is 2.40. The monoisotopic (exact) mass is 240 g/mol. The maximum atomic E-state index is 5.80. The van der Waals surface area contributed by atoms with E-state index in [9.17, 15) is 0 Å². The molecule has 1 saturated heterocycles. The molecule has 0 spiro atoms. The van der Waals surface area contributed by atoms with Gasteiger partial charge in [0.2, 0.25) is 0 Å². The molecule has 1 saturated carbocycles. The number of ether oxygens (including phenoxy) is 1. The second kappa shape index (κ2) is 6.72. The summed E-state index contributed by atoms with van der Waals surface area (Å²) in [4.78, 5) is 2.56. The zero-order valence-electron chi connectivity index (χ0n) is 11.5. The summed E-state index contributed by atoms with van der Waals surface area (Å²) in [5.74, 6) is 0.908. The molecule has 0 aromatic carbocycles. The molecule has 3 unspecified atom stereocenters. The molecule has 1 aliphatic carbocycles. The molecule has 17 heavy (non-hydrogen) atoms. The molecule has 2 aliphatic rings. The van der Waals surface area contributed by atoms with E-state index in [-0.39, 0.29) is 0 Å². The number of morpholine rings is 1. The van der Waals surface area contributed by atoms with Crippen molar-refractivity contribution in [3.05, 3.63) is 0 Å². The van der Waals surface area contributed by atoms with Crippen LogP contribution in [-0.4, -0.2) is 50.3 Å². The van der Waals surface area contributed by atoms with Gasteiger partial charge < -0.3 is 15.0 Å². The van der Waals surface area contributed by atoms with Gasteiger partial charge in [-0.2, -0.15) is 0 Å². The standard InChI is InChI=1S/C14H28N2O/c1-3-12-6-4-5-7-14(12)16(2)11-13-10-15-8-9-17-13/h12-15H,3-11H2,1-2H3. The summed E-state index contributed by atoms with van der Waals surface area (Å²) >= 11 is 0. The quantitative estimate of drug-likeness (QED) is 0.812. The van der Waals surface area contributed by atoms with Crippen molar-refractivity contribution in [3.63, 3.8) is 0 Å². The van der Waals surface area contributed by atoms with Crippen LogP contribution in [-0.2, 0) is 4.74 Å². The largest absolute Gasteiger partial charge is 0.374 e. The molecular formula is C14H28N2O. The highest BCUT2D eigenvalue weighted by atomic mass is 16.5. The predicted molar refractivity (Wildman–Crippen MR) is 71.3 cm³/mol. The molecule has 2 rings (SSSR count). The fourth-order valence-electron chi connectivity index (χ4n) is 3.44. The minimum Gasteiger partial charge on any atom is -0.374 e. The van der Waals surface area contributed by atoms with Crippen LogP contribution in [0, 0.1) is 5.92 Å². The lowest BCUT2D eigenvalue weighted by molar-refractivity contribution is -0.00729. The fourth-order valence-corrected chi connectivity index (χ4v) is 3.44. The van der Waals surface area contributed by atoms with Gasteiger partial charge in [0.15, 0.2) is 0 Å². The minimum atomic E-state index is 0.396. The van der Waals surface area contributed by atoms with Crippen LogP contribution < -0.4 is 5.32 Å². The van der Waals surface area contributed by atoms with Crippen molar-refractivity contribution in [1.29, 1.82) is 0 Å². The molecule has 3 atom stereocenters. The molecule has 1 N–H and O–H groups in total. The molecule has 1 heterocycles. The van der Waals surface area contributed by atoms with Crippen molar-refractivity contribution in [2.24, 2.45) is 5.92 Å². The lowest BCUT2D eigenvalue weighted by Gasteiger charge is -2.39. The Morgan fingerprint density at radius 2 is 2.12 bits per heavy atom. The van der Waals surface area contributed by atoms with Crippen LogP contribution in [0.5, 0.6) is 0 Å². The van der Waals surface area contributed by atoms with Crippen LogP contribution in [0.25, 0.3) is 0 Å². The van der Waals surface area contributed by atoms with Gasteiger partial charge >= 0.3 is 0 Å². The van der Waals surface area contributed by atoms with E-state index in [1.165, 1.54) is 32.1 Å². The van der Waals surface area contributed by atoms with Crippen LogP contribution >= 0.6 is 0 Å². The van der Waals surface area contributed by atoms with Crippen LogP contribution in [0.4, 0.5) is 0 Å². The molecule has 1 aliphatic heterocycles. The summed E-state index contributed by atoms with van der Waals surface area (Å²) in [6, 6.07) is 0.791. The van der Waals surface area contributed by atoms with Crippen molar-refractivity contribution in [2.75, 3.05) is 33.3 Å². The second-order valence-corrected chi connectivity index (χ2v) is 5.66. The summed E-state index contributed by atoms with van der Waals surface area (Å²) in [6.07, 6.45) is 7.39. The van der Waals surface area contributed by atoms with Gasteiger partial charge in [0.05, 0.1) is 12.7 Å². The Labute approximate surface area is 106 Å². The van der Waals surface area contributed by atoms with E-state index in [1.54, 1.807) is 0 Å². The Kier molecular flexibility index (Phi) is 5.26. The highest BCUT2D eigenvalue weighted by molar-refractivity contribution is 4.83. The van der Waals surface area contributed by atoms with Crippen molar-refractivity contribution >= 4 is 0 Å². The van der Waals surface area contributed by atoms with Crippen LogP contribution in [0.3, 0.4) is 0 Å². The maximum Gasteiger partial charge on any atom is 0.0826 e. The molecule has 0 aromatic rings. The Bertz CT molecular complexity index is 216. The van der Waals surface area contributed by atoms with Crippen molar-refractivity contribution in [1.82, 2.24) is 10.2 Å². The Morgan fingerprint density at radius 1 is 1.29 bits per heavy atom. The van der Waals surface area contributed by atoms with Gasteiger partial charge in [0.1, 0.15) is 0 Å².